The van der Waals surface area contributed by atoms with Gasteiger partial charge in [-0.2, -0.15) is 0 Å². The molecule has 0 aromatic rings. The van der Waals surface area contributed by atoms with E-state index in [-0.39, 0.29) is 10.7 Å². The van der Waals surface area contributed by atoms with E-state index >= 15 is 0 Å². The molecule has 0 aliphatic rings. The lowest BCUT2D eigenvalue weighted by Gasteiger charge is -2.16. The molecule has 0 rings (SSSR count). The number of carbonyl (C=O) groups excluding carboxylic acids is 1. The molecule has 0 atom stereocenters. The Hall–Kier alpha value is -0.220. The number of carbonyl (C=O) groups is 1. The number of esters is 1. The first-order chi connectivity index (χ1) is 6.45. The van der Waals surface area contributed by atoms with Gasteiger partial charge in [-0.3, -0.25) is 4.79 Å². The molecule has 0 spiro atoms. The summed E-state index contributed by atoms with van der Waals surface area (Å²) in [7, 11) is 0. The highest BCUT2D eigenvalue weighted by Crippen LogP contribution is 2.22. The quantitative estimate of drug-likeness (QED) is 0.507. The van der Waals surface area contributed by atoms with Crippen molar-refractivity contribution in [2.75, 3.05) is 25.6 Å². The zero-order valence-electron chi connectivity index (χ0n) is 9.46. The van der Waals surface area contributed by atoms with Gasteiger partial charge in [0.25, 0.3) is 0 Å². The second-order valence-corrected chi connectivity index (χ2v) is 5.62. The fourth-order valence-electron chi connectivity index (χ4n) is 0.676. The first-order valence-electron chi connectivity index (χ1n) is 4.83. The van der Waals surface area contributed by atoms with Crippen LogP contribution in [0.3, 0.4) is 0 Å². The lowest BCUT2D eigenvalue weighted by atomic mass is 10.3. The molecule has 0 saturated carbocycles. The number of hydrogen-bond donors (Lipinski definition) is 0. The van der Waals surface area contributed by atoms with Crippen molar-refractivity contribution in [2.24, 2.45) is 0 Å². The topological polar surface area (TPSA) is 35.5 Å². The standard InChI is InChI=1S/C10H20O3S/c1-5-12-6-7-13-9(11)8-14-10(2,3)4/h5-8H2,1-4H3. The van der Waals surface area contributed by atoms with E-state index < -0.39 is 0 Å². The van der Waals surface area contributed by atoms with Gasteiger partial charge >= 0.3 is 5.97 Å². The summed E-state index contributed by atoms with van der Waals surface area (Å²) in [4.78, 5) is 11.2. The van der Waals surface area contributed by atoms with Crippen LogP contribution in [0.5, 0.6) is 0 Å². The highest BCUT2D eigenvalue weighted by Gasteiger charge is 2.13. The van der Waals surface area contributed by atoms with Crippen LogP contribution in [0, 0.1) is 0 Å². The van der Waals surface area contributed by atoms with Crippen LogP contribution in [0.15, 0.2) is 0 Å². The summed E-state index contributed by atoms with van der Waals surface area (Å²) >= 11 is 1.59. The second kappa shape index (κ2) is 7.12. The SMILES string of the molecule is CCOCCOC(=O)CSC(C)(C)C. The molecule has 0 unspecified atom stereocenters. The van der Waals surface area contributed by atoms with Crippen molar-refractivity contribution in [3.8, 4) is 0 Å². The van der Waals surface area contributed by atoms with E-state index in [4.69, 9.17) is 9.47 Å². The van der Waals surface area contributed by atoms with Gasteiger partial charge in [-0.1, -0.05) is 20.8 Å². The Bertz CT molecular complexity index is 163. The van der Waals surface area contributed by atoms with Gasteiger partial charge in [0.1, 0.15) is 6.61 Å². The third kappa shape index (κ3) is 9.86. The molecule has 0 fully saturated rings. The van der Waals surface area contributed by atoms with E-state index in [9.17, 15) is 4.79 Å². The van der Waals surface area contributed by atoms with Crippen LogP contribution in [0.25, 0.3) is 0 Å². The summed E-state index contributed by atoms with van der Waals surface area (Å²) in [5, 5.41) is 0. The van der Waals surface area contributed by atoms with Crippen LogP contribution in [0.1, 0.15) is 27.7 Å². The molecule has 0 aromatic heterocycles. The first-order valence-corrected chi connectivity index (χ1v) is 5.81. The Morgan fingerprint density at radius 1 is 1.29 bits per heavy atom. The third-order valence-corrected chi connectivity index (χ3v) is 2.56. The van der Waals surface area contributed by atoms with Gasteiger partial charge in [0.05, 0.1) is 12.4 Å². The van der Waals surface area contributed by atoms with Crippen LogP contribution in [0.4, 0.5) is 0 Å². The van der Waals surface area contributed by atoms with E-state index in [2.05, 4.69) is 20.8 Å². The smallest absolute Gasteiger partial charge is 0.315 e. The fourth-order valence-corrected chi connectivity index (χ4v) is 1.31. The number of thioether (sulfide) groups is 1. The van der Waals surface area contributed by atoms with Crippen LogP contribution in [-0.4, -0.2) is 36.3 Å². The van der Waals surface area contributed by atoms with E-state index in [0.717, 1.165) is 0 Å². The second-order valence-electron chi connectivity index (χ2n) is 3.82. The molecule has 0 heterocycles. The number of ether oxygens (including phenoxy) is 2. The van der Waals surface area contributed by atoms with Crippen LogP contribution in [0.2, 0.25) is 0 Å². The summed E-state index contributed by atoms with van der Waals surface area (Å²) in [6, 6.07) is 0. The Morgan fingerprint density at radius 3 is 2.43 bits per heavy atom. The van der Waals surface area contributed by atoms with E-state index in [1.807, 2.05) is 6.92 Å². The minimum atomic E-state index is -0.162. The van der Waals surface area contributed by atoms with Crippen LogP contribution in [-0.2, 0) is 14.3 Å². The predicted molar refractivity (Wildman–Crippen MR) is 59.7 cm³/mol. The molecule has 84 valence electrons. The maximum Gasteiger partial charge on any atom is 0.315 e. The molecular formula is C10H20O3S. The molecule has 0 saturated heterocycles. The molecule has 0 amide bonds. The lowest BCUT2D eigenvalue weighted by Crippen LogP contribution is -2.16. The molecular weight excluding hydrogens is 200 g/mol. The summed E-state index contributed by atoms with van der Waals surface area (Å²) in [6.45, 7) is 9.65. The van der Waals surface area contributed by atoms with Crippen molar-refractivity contribution < 1.29 is 14.3 Å². The normalized spacial score (nSPS) is 11.4. The van der Waals surface area contributed by atoms with Gasteiger partial charge in [-0.05, 0) is 6.92 Å². The molecule has 0 radical (unpaired) electrons. The zero-order valence-corrected chi connectivity index (χ0v) is 10.3. The molecule has 3 nitrogen and oxygen atoms in total. The zero-order chi connectivity index (χ0) is 11.0. The van der Waals surface area contributed by atoms with Crippen molar-refractivity contribution in [1.29, 1.82) is 0 Å². The van der Waals surface area contributed by atoms with Crippen molar-refractivity contribution in [3.05, 3.63) is 0 Å². The maximum atomic E-state index is 11.2. The minimum absolute atomic E-state index is 0.110. The first kappa shape index (κ1) is 13.8. The third-order valence-electron chi connectivity index (χ3n) is 1.32. The van der Waals surface area contributed by atoms with E-state index in [0.29, 0.717) is 25.6 Å². The van der Waals surface area contributed by atoms with Crippen molar-refractivity contribution in [2.45, 2.75) is 32.4 Å². The summed E-state index contributed by atoms with van der Waals surface area (Å²) < 4.78 is 10.1. The molecule has 0 N–H and O–H groups in total. The fraction of sp³-hybridized carbons (Fsp3) is 0.900. The average molecular weight is 220 g/mol. The van der Waals surface area contributed by atoms with Gasteiger partial charge in [0, 0.05) is 11.4 Å². The molecule has 4 heteroatoms. The largest absolute Gasteiger partial charge is 0.463 e. The lowest BCUT2D eigenvalue weighted by molar-refractivity contribution is -0.141. The van der Waals surface area contributed by atoms with Crippen molar-refractivity contribution in [1.82, 2.24) is 0 Å². The summed E-state index contributed by atoms with van der Waals surface area (Å²) in [5.74, 6) is 0.250. The highest BCUT2D eigenvalue weighted by atomic mass is 32.2. The van der Waals surface area contributed by atoms with Crippen LogP contribution >= 0.6 is 11.8 Å². The molecule has 0 aliphatic carbocycles. The van der Waals surface area contributed by atoms with Crippen molar-refractivity contribution in [3.63, 3.8) is 0 Å². The maximum absolute atomic E-state index is 11.2. The van der Waals surface area contributed by atoms with Gasteiger partial charge < -0.3 is 9.47 Å². The molecule has 0 aromatic carbocycles. The number of hydrogen-bond acceptors (Lipinski definition) is 4. The van der Waals surface area contributed by atoms with Crippen LogP contribution < -0.4 is 0 Å². The minimum Gasteiger partial charge on any atom is -0.463 e. The van der Waals surface area contributed by atoms with Gasteiger partial charge in [-0.25, -0.2) is 0 Å². The van der Waals surface area contributed by atoms with Crippen molar-refractivity contribution >= 4 is 17.7 Å². The van der Waals surface area contributed by atoms with E-state index in [1.165, 1.54) is 0 Å². The Kier molecular flexibility index (Phi) is 7.01. The molecule has 0 aliphatic heterocycles. The Morgan fingerprint density at radius 2 is 1.93 bits per heavy atom. The van der Waals surface area contributed by atoms with Gasteiger partial charge in [-0.15, -0.1) is 11.8 Å². The predicted octanol–water partition coefficient (Wildman–Crippen LogP) is 2.10. The Balaban J connectivity index is 3.38. The number of rotatable bonds is 6. The molecule has 14 heavy (non-hydrogen) atoms. The average Bonchev–Trinajstić information content (AvgIpc) is 2.08. The summed E-state index contributed by atoms with van der Waals surface area (Å²) in [6.07, 6.45) is 0. The van der Waals surface area contributed by atoms with Gasteiger partial charge in [0.2, 0.25) is 0 Å². The highest BCUT2D eigenvalue weighted by molar-refractivity contribution is 8.01. The van der Waals surface area contributed by atoms with E-state index in [1.54, 1.807) is 11.8 Å². The Labute approximate surface area is 90.5 Å². The summed E-state index contributed by atoms with van der Waals surface area (Å²) in [5.41, 5.74) is 0. The molecule has 0 bridgehead atoms. The van der Waals surface area contributed by atoms with Gasteiger partial charge in [0.15, 0.2) is 0 Å². The monoisotopic (exact) mass is 220 g/mol.